The first-order valence-electron chi connectivity index (χ1n) is 7.42. The second kappa shape index (κ2) is 7.01. The summed E-state index contributed by atoms with van der Waals surface area (Å²) in [5, 5.41) is 7.59. The Hall–Kier alpha value is -0.940. The summed E-state index contributed by atoms with van der Waals surface area (Å²) in [4.78, 5) is 4.44. The molecule has 19 heavy (non-hydrogen) atoms. The van der Waals surface area contributed by atoms with Gasteiger partial charge in [-0.1, -0.05) is 12.1 Å². The van der Waals surface area contributed by atoms with Gasteiger partial charge in [0.05, 0.1) is 0 Å². The molecule has 2 unspecified atom stereocenters. The van der Waals surface area contributed by atoms with Crippen LogP contribution in [-0.4, -0.2) is 29.3 Å². The van der Waals surface area contributed by atoms with Gasteiger partial charge in [-0.15, -0.1) is 0 Å². The summed E-state index contributed by atoms with van der Waals surface area (Å²) in [6.07, 6.45) is 4.52. The second-order valence-corrected chi connectivity index (χ2v) is 5.25. The number of hydrogen-bond acceptors (Lipinski definition) is 5. The quantitative estimate of drug-likeness (QED) is 0.745. The Morgan fingerprint density at radius 1 is 1.42 bits per heavy atom. The summed E-state index contributed by atoms with van der Waals surface area (Å²) in [6, 6.07) is 0.482. The molecule has 2 atom stereocenters. The molecule has 1 fully saturated rings. The highest BCUT2D eigenvalue weighted by Crippen LogP contribution is 2.34. The summed E-state index contributed by atoms with van der Waals surface area (Å²) in [5.41, 5.74) is 0. The molecule has 0 radical (unpaired) electrons. The summed E-state index contributed by atoms with van der Waals surface area (Å²) >= 11 is 0. The van der Waals surface area contributed by atoms with Crippen LogP contribution in [0.4, 0.5) is 0 Å². The monoisotopic (exact) mass is 267 g/mol. The van der Waals surface area contributed by atoms with E-state index in [-0.39, 0.29) is 6.10 Å². The lowest BCUT2D eigenvalue weighted by atomic mass is 10.1. The van der Waals surface area contributed by atoms with Crippen LogP contribution < -0.4 is 5.32 Å². The highest BCUT2D eigenvalue weighted by atomic mass is 16.5. The van der Waals surface area contributed by atoms with Crippen LogP contribution in [-0.2, 0) is 11.2 Å². The lowest BCUT2D eigenvalue weighted by Gasteiger charge is -2.15. The minimum absolute atomic E-state index is 0.0922. The topological polar surface area (TPSA) is 60.2 Å². The van der Waals surface area contributed by atoms with Crippen LogP contribution >= 0.6 is 0 Å². The fourth-order valence-corrected chi connectivity index (χ4v) is 2.26. The summed E-state index contributed by atoms with van der Waals surface area (Å²) in [5.74, 6) is 2.16. The highest BCUT2D eigenvalue weighted by molar-refractivity contribution is 4.96. The van der Waals surface area contributed by atoms with E-state index in [1.54, 1.807) is 0 Å². The van der Waals surface area contributed by atoms with Gasteiger partial charge in [-0.25, -0.2) is 0 Å². The summed E-state index contributed by atoms with van der Waals surface area (Å²) in [6.45, 7) is 7.82. The van der Waals surface area contributed by atoms with E-state index in [2.05, 4.69) is 22.4 Å². The highest BCUT2D eigenvalue weighted by Gasteiger charge is 2.32. The lowest BCUT2D eigenvalue weighted by Crippen LogP contribution is -2.33. The second-order valence-electron chi connectivity index (χ2n) is 5.25. The Morgan fingerprint density at radius 2 is 2.21 bits per heavy atom. The third-order valence-electron chi connectivity index (χ3n) is 3.51. The van der Waals surface area contributed by atoms with E-state index in [0.717, 1.165) is 31.2 Å². The van der Waals surface area contributed by atoms with Gasteiger partial charge < -0.3 is 14.6 Å². The number of hydrogen-bond donors (Lipinski definition) is 1. The maximum atomic E-state index is 5.47. The molecule has 108 valence electrons. The van der Waals surface area contributed by atoms with Crippen LogP contribution in [0.15, 0.2) is 4.52 Å². The zero-order valence-electron chi connectivity index (χ0n) is 12.2. The van der Waals surface area contributed by atoms with E-state index >= 15 is 0 Å². The van der Waals surface area contributed by atoms with Crippen molar-refractivity contribution in [3.8, 4) is 0 Å². The number of nitrogens with zero attached hydrogens (tertiary/aromatic N) is 2. The third kappa shape index (κ3) is 4.28. The van der Waals surface area contributed by atoms with Gasteiger partial charge in [-0.05, 0) is 45.6 Å². The molecule has 1 saturated carbocycles. The summed E-state index contributed by atoms with van der Waals surface area (Å²) in [7, 11) is 0. The maximum Gasteiger partial charge on any atom is 0.228 e. The smallest absolute Gasteiger partial charge is 0.228 e. The number of rotatable bonds is 9. The first kappa shape index (κ1) is 14.5. The molecule has 1 aliphatic rings. The molecule has 1 aromatic heterocycles. The molecule has 0 spiro atoms. The van der Waals surface area contributed by atoms with Crippen molar-refractivity contribution < 1.29 is 9.26 Å². The van der Waals surface area contributed by atoms with Crippen molar-refractivity contribution in [2.45, 2.75) is 58.6 Å². The van der Waals surface area contributed by atoms with Crippen molar-refractivity contribution in [2.24, 2.45) is 5.92 Å². The van der Waals surface area contributed by atoms with Gasteiger partial charge in [0.15, 0.2) is 5.82 Å². The summed E-state index contributed by atoms with van der Waals surface area (Å²) < 4.78 is 10.8. The Kier molecular flexibility index (Phi) is 5.34. The van der Waals surface area contributed by atoms with Gasteiger partial charge in [0.2, 0.25) is 5.89 Å². The third-order valence-corrected chi connectivity index (χ3v) is 3.51. The van der Waals surface area contributed by atoms with Gasteiger partial charge >= 0.3 is 0 Å². The predicted octanol–water partition coefficient (Wildman–Crippen LogP) is 2.49. The first-order valence-corrected chi connectivity index (χ1v) is 7.42. The largest absolute Gasteiger partial charge is 0.371 e. The molecule has 1 N–H and O–H groups in total. The van der Waals surface area contributed by atoms with E-state index in [9.17, 15) is 0 Å². The van der Waals surface area contributed by atoms with Crippen LogP contribution in [0.2, 0.25) is 0 Å². The molecule has 2 rings (SSSR count). The van der Waals surface area contributed by atoms with E-state index in [4.69, 9.17) is 9.26 Å². The van der Waals surface area contributed by atoms with Crippen molar-refractivity contribution in [2.75, 3.05) is 13.2 Å². The standard InChI is InChI=1S/C14H25N3O2/c1-4-8-15-12(11-6-7-11)9-13-16-14(17-19-13)10(3)18-5-2/h10-12,15H,4-9H2,1-3H3. The fraction of sp³-hybridized carbons (Fsp3) is 0.857. The van der Waals surface area contributed by atoms with Crippen molar-refractivity contribution in [3.63, 3.8) is 0 Å². The molecule has 0 saturated heterocycles. The fourth-order valence-electron chi connectivity index (χ4n) is 2.26. The molecular formula is C14H25N3O2. The lowest BCUT2D eigenvalue weighted by molar-refractivity contribution is 0.0683. The number of ether oxygens (including phenoxy) is 1. The zero-order valence-corrected chi connectivity index (χ0v) is 12.2. The average molecular weight is 267 g/mol. The molecule has 0 aromatic carbocycles. The average Bonchev–Trinajstić information content (AvgIpc) is 3.14. The molecule has 0 aliphatic heterocycles. The van der Waals surface area contributed by atoms with E-state index < -0.39 is 0 Å². The molecular weight excluding hydrogens is 242 g/mol. The Labute approximate surface area is 115 Å². The molecule has 1 aliphatic carbocycles. The van der Waals surface area contributed by atoms with Crippen LogP contribution in [0.25, 0.3) is 0 Å². The number of aromatic nitrogens is 2. The molecule has 1 heterocycles. The van der Waals surface area contributed by atoms with Crippen molar-refractivity contribution in [1.82, 2.24) is 15.5 Å². The van der Waals surface area contributed by atoms with Gasteiger partial charge in [-0.3, -0.25) is 0 Å². The Bertz CT molecular complexity index is 377. The Morgan fingerprint density at radius 3 is 2.84 bits per heavy atom. The van der Waals surface area contributed by atoms with Crippen molar-refractivity contribution in [1.29, 1.82) is 0 Å². The zero-order chi connectivity index (χ0) is 13.7. The van der Waals surface area contributed by atoms with Crippen LogP contribution in [0.5, 0.6) is 0 Å². The Balaban J connectivity index is 1.90. The minimum Gasteiger partial charge on any atom is -0.371 e. The van der Waals surface area contributed by atoms with Crippen LogP contribution in [0.3, 0.4) is 0 Å². The molecule has 5 heteroatoms. The van der Waals surface area contributed by atoms with Gasteiger partial charge in [-0.2, -0.15) is 4.98 Å². The van der Waals surface area contributed by atoms with Crippen molar-refractivity contribution >= 4 is 0 Å². The van der Waals surface area contributed by atoms with Gasteiger partial charge in [0, 0.05) is 19.1 Å². The van der Waals surface area contributed by atoms with E-state index in [0.29, 0.717) is 18.5 Å². The number of nitrogens with one attached hydrogen (secondary N) is 1. The predicted molar refractivity (Wildman–Crippen MR) is 72.8 cm³/mol. The first-order chi connectivity index (χ1) is 9.24. The SMILES string of the molecule is CCCNC(Cc1nc(C(C)OCC)no1)C1CC1. The molecule has 5 nitrogen and oxygen atoms in total. The van der Waals surface area contributed by atoms with E-state index in [1.807, 2.05) is 13.8 Å². The van der Waals surface area contributed by atoms with Crippen LogP contribution in [0.1, 0.15) is 57.9 Å². The minimum atomic E-state index is -0.0922. The molecule has 0 bridgehead atoms. The van der Waals surface area contributed by atoms with Gasteiger partial charge in [0.25, 0.3) is 0 Å². The van der Waals surface area contributed by atoms with Crippen molar-refractivity contribution in [3.05, 3.63) is 11.7 Å². The molecule has 1 aromatic rings. The normalized spacial score (nSPS) is 18.5. The van der Waals surface area contributed by atoms with Gasteiger partial charge in [0.1, 0.15) is 6.10 Å². The van der Waals surface area contributed by atoms with Crippen LogP contribution in [0, 0.1) is 5.92 Å². The maximum absolute atomic E-state index is 5.47. The molecule has 0 amide bonds. The van der Waals surface area contributed by atoms with E-state index in [1.165, 1.54) is 12.8 Å².